The van der Waals surface area contributed by atoms with E-state index in [4.69, 9.17) is 4.98 Å². The largest absolute Gasteiger partial charge is 0.247 e. The van der Waals surface area contributed by atoms with E-state index in [0.717, 1.165) is 16.8 Å². The predicted molar refractivity (Wildman–Crippen MR) is 119 cm³/mol. The smallest absolute Gasteiger partial charge is 0.0794 e. The first-order valence-corrected chi connectivity index (χ1v) is 9.50. The fourth-order valence-electron chi connectivity index (χ4n) is 3.73. The molecule has 0 N–H and O–H groups in total. The van der Waals surface area contributed by atoms with Crippen LogP contribution in [0.15, 0.2) is 109 Å². The molecule has 0 spiro atoms. The van der Waals surface area contributed by atoms with E-state index in [1.54, 1.807) is 0 Å². The van der Waals surface area contributed by atoms with E-state index >= 15 is 0 Å². The van der Waals surface area contributed by atoms with Gasteiger partial charge in [-0.25, -0.2) is 4.98 Å². The van der Waals surface area contributed by atoms with Gasteiger partial charge in [0.2, 0.25) is 0 Å². The van der Waals surface area contributed by atoms with Gasteiger partial charge in [-0.3, -0.25) is 0 Å². The first-order valence-electron chi connectivity index (χ1n) is 9.50. The number of aromatic nitrogens is 1. The SMILES string of the molecule is C(=C(/c1ccccc1)c1nc2ccccc2c2ccccc12)/c1ccccc1. The van der Waals surface area contributed by atoms with Crippen molar-refractivity contribution >= 4 is 33.3 Å². The topological polar surface area (TPSA) is 12.9 Å². The van der Waals surface area contributed by atoms with Crippen molar-refractivity contribution in [3.05, 3.63) is 126 Å². The molecule has 1 heteroatoms. The van der Waals surface area contributed by atoms with Crippen molar-refractivity contribution in [2.24, 2.45) is 0 Å². The van der Waals surface area contributed by atoms with Gasteiger partial charge >= 0.3 is 0 Å². The fourth-order valence-corrected chi connectivity index (χ4v) is 3.73. The molecular weight excluding hydrogens is 338 g/mol. The van der Waals surface area contributed by atoms with E-state index in [9.17, 15) is 0 Å². The molecule has 5 rings (SSSR count). The molecule has 5 aromatic rings. The van der Waals surface area contributed by atoms with Crippen LogP contribution in [0.2, 0.25) is 0 Å². The summed E-state index contributed by atoms with van der Waals surface area (Å²) >= 11 is 0. The van der Waals surface area contributed by atoms with Crippen LogP contribution < -0.4 is 0 Å². The summed E-state index contributed by atoms with van der Waals surface area (Å²) in [6, 6.07) is 37.9. The second-order valence-corrected chi connectivity index (χ2v) is 6.86. The summed E-state index contributed by atoms with van der Waals surface area (Å²) in [4.78, 5) is 5.11. The Hall–Kier alpha value is -3.71. The molecule has 0 bridgehead atoms. The highest BCUT2D eigenvalue weighted by molar-refractivity contribution is 6.11. The molecule has 132 valence electrons. The maximum atomic E-state index is 5.11. The molecule has 28 heavy (non-hydrogen) atoms. The average Bonchev–Trinajstić information content (AvgIpc) is 2.78. The molecule has 1 nitrogen and oxygen atoms in total. The van der Waals surface area contributed by atoms with Gasteiger partial charge in [0.25, 0.3) is 0 Å². The third-order valence-corrected chi connectivity index (χ3v) is 5.06. The second-order valence-electron chi connectivity index (χ2n) is 6.86. The highest BCUT2D eigenvalue weighted by Crippen LogP contribution is 2.34. The van der Waals surface area contributed by atoms with Gasteiger partial charge in [0, 0.05) is 16.3 Å². The molecule has 1 aromatic heterocycles. The zero-order chi connectivity index (χ0) is 18.8. The van der Waals surface area contributed by atoms with E-state index in [0.29, 0.717) is 0 Å². The lowest BCUT2D eigenvalue weighted by Crippen LogP contribution is -1.95. The Kier molecular flexibility index (Phi) is 4.19. The minimum atomic E-state index is 1.02. The van der Waals surface area contributed by atoms with E-state index in [-0.39, 0.29) is 0 Å². The van der Waals surface area contributed by atoms with Crippen molar-refractivity contribution in [2.45, 2.75) is 0 Å². The molecule has 0 radical (unpaired) electrons. The number of benzene rings is 4. The van der Waals surface area contributed by atoms with E-state index in [2.05, 4.69) is 109 Å². The lowest BCUT2D eigenvalue weighted by molar-refractivity contribution is 1.37. The molecule has 0 fully saturated rings. The Morgan fingerprint density at radius 3 is 1.86 bits per heavy atom. The molecule has 0 atom stereocenters. The zero-order valence-electron chi connectivity index (χ0n) is 15.4. The molecule has 0 aliphatic rings. The number of pyridine rings is 1. The standard InChI is InChI=1S/C27H19N/c1-3-11-20(12-4-1)19-25(21-13-5-2-6-14-21)27-24-17-8-7-15-22(24)23-16-9-10-18-26(23)28-27/h1-19H/b25-19+. The maximum absolute atomic E-state index is 5.11. The predicted octanol–water partition coefficient (Wildman–Crippen LogP) is 6.98. The summed E-state index contributed by atoms with van der Waals surface area (Å²) in [7, 11) is 0. The van der Waals surface area contributed by atoms with Crippen LogP contribution >= 0.6 is 0 Å². The van der Waals surface area contributed by atoms with Gasteiger partial charge in [-0.05, 0) is 28.7 Å². The van der Waals surface area contributed by atoms with Crippen LogP contribution in [0.25, 0.3) is 33.3 Å². The van der Waals surface area contributed by atoms with Crippen molar-refractivity contribution in [3.63, 3.8) is 0 Å². The highest BCUT2D eigenvalue weighted by Gasteiger charge is 2.13. The number of fused-ring (bicyclic) bond motifs is 3. The van der Waals surface area contributed by atoms with Crippen molar-refractivity contribution in [3.8, 4) is 0 Å². The van der Waals surface area contributed by atoms with Crippen LogP contribution in [0.5, 0.6) is 0 Å². The van der Waals surface area contributed by atoms with E-state index < -0.39 is 0 Å². The Morgan fingerprint density at radius 1 is 0.536 bits per heavy atom. The number of nitrogens with zero attached hydrogens (tertiary/aromatic N) is 1. The average molecular weight is 357 g/mol. The van der Waals surface area contributed by atoms with Gasteiger partial charge in [0.15, 0.2) is 0 Å². The molecule has 1 heterocycles. The second kappa shape index (κ2) is 7.13. The normalized spacial score (nSPS) is 11.8. The number of para-hydroxylation sites is 1. The van der Waals surface area contributed by atoms with Crippen molar-refractivity contribution in [1.29, 1.82) is 0 Å². The van der Waals surface area contributed by atoms with Crippen LogP contribution in [-0.2, 0) is 0 Å². The van der Waals surface area contributed by atoms with E-state index in [1.165, 1.54) is 27.3 Å². The highest BCUT2D eigenvalue weighted by atomic mass is 14.7. The minimum absolute atomic E-state index is 1.02. The van der Waals surface area contributed by atoms with Gasteiger partial charge < -0.3 is 0 Å². The minimum Gasteiger partial charge on any atom is -0.247 e. The monoisotopic (exact) mass is 357 g/mol. The molecule has 0 amide bonds. The van der Waals surface area contributed by atoms with Crippen molar-refractivity contribution in [2.75, 3.05) is 0 Å². The van der Waals surface area contributed by atoms with Crippen LogP contribution in [0.4, 0.5) is 0 Å². The van der Waals surface area contributed by atoms with Gasteiger partial charge in [-0.15, -0.1) is 0 Å². The number of hydrogen-bond donors (Lipinski definition) is 0. The molecule has 0 saturated heterocycles. The molecule has 4 aromatic carbocycles. The lowest BCUT2D eigenvalue weighted by Gasteiger charge is -2.13. The first kappa shape index (κ1) is 16.5. The Morgan fingerprint density at radius 2 is 1.11 bits per heavy atom. The summed E-state index contributed by atoms with van der Waals surface area (Å²) in [5, 5.41) is 3.60. The van der Waals surface area contributed by atoms with Crippen LogP contribution in [0.3, 0.4) is 0 Å². The lowest BCUT2D eigenvalue weighted by atomic mass is 9.94. The summed E-state index contributed by atoms with van der Waals surface area (Å²) in [5.74, 6) is 0. The zero-order valence-corrected chi connectivity index (χ0v) is 15.4. The van der Waals surface area contributed by atoms with E-state index in [1.807, 2.05) is 6.07 Å². The quantitative estimate of drug-likeness (QED) is 0.251. The molecule has 0 saturated carbocycles. The van der Waals surface area contributed by atoms with Gasteiger partial charge in [0.05, 0.1) is 11.2 Å². The number of rotatable bonds is 3. The van der Waals surface area contributed by atoms with Gasteiger partial charge in [-0.2, -0.15) is 0 Å². The fraction of sp³-hybridized carbons (Fsp3) is 0. The van der Waals surface area contributed by atoms with Gasteiger partial charge in [0.1, 0.15) is 0 Å². The Balaban J connectivity index is 1.87. The molecule has 0 aliphatic carbocycles. The summed E-state index contributed by atoms with van der Waals surface area (Å²) in [6.07, 6.45) is 2.24. The Labute approximate surface area is 164 Å². The van der Waals surface area contributed by atoms with Crippen LogP contribution in [0, 0.1) is 0 Å². The number of hydrogen-bond acceptors (Lipinski definition) is 1. The molecule has 0 unspecified atom stereocenters. The summed E-state index contributed by atoms with van der Waals surface area (Å²) in [5.41, 5.74) is 5.50. The van der Waals surface area contributed by atoms with Crippen molar-refractivity contribution in [1.82, 2.24) is 4.98 Å². The summed E-state index contributed by atoms with van der Waals surface area (Å²) < 4.78 is 0. The van der Waals surface area contributed by atoms with Crippen LogP contribution in [-0.4, -0.2) is 4.98 Å². The first-order chi connectivity index (χ1) is 13.9. The van der Waals surface area contributed by atoms with Crippen molar-refractivity contribution < 1.29 is 0 Å². The Bertz CT molecular complexity index is 1290. The third-order valence-electron chi connectivity index (χ3n) is 5.06. The van der Waals surface area contributed by atoms with Crippen LogP contribution in [0.1, 0.15) is 16.8 Å². The molecular formula is C27H19N. The molecule has 0 aliphatic heterocycles. The maximum Gasteiger partial charge on any atom is 0.0794 e. The van der Waals surface area contributed by atoms with Gasteiger partial charge in [-0.1, -0.05) is 103 Å². The summed E-state index contributed by atoms with van der Waals surface area (Å²) in [6.45, 7) is 0. The third kappa shape index (κ3) is 2.97.